The van der Waals surface area contributed by atoms with Crippen molar-refractivity contribution in [3.05, 3.63) is 55.4 Å². The van der Waals surface area contributed by atoms with Crippen molar-refractivity contribution in [2.45, 2.75) is 13.5 Å². The van der Waals surface area contributed by atoms with Crippen molar-refractivity contribution in [2.24, 2.45) is 0 Å². The lowest BCUT2D eigenvalue weighted by Gasteiger charge is -2.06. The van der Waals surface area contributed by atoms with Gasteiger partial charge in [0.05, 0.1) is 12.7 Å². The van der Waals surface area contributed by atoms with Crippen molar-refractivity contribution >= 4 is 38.2 Å². The molecule has 0 aliphatic heterocycles. The van der Waals surface area contributed by atoms with Crippen LogP contribution < -0.4 is 10.3 Å². The monoisotopic (exact) mass is 409 g/mol. The zero-order valence-corrected chi connectivity index (χ0v) is 15.2. The van der Waals surface area contributed by atoms with Crippen LogP contribution in [0, 0.1) is 6.92 Å². The molecule has 0 saturated heterocycles. The predicted octanol–water partition coefficient (Wildman–Crippen LogP) is 2.59. The Morgan fingerprint density at radius 2 is 2.17 bits per heavy atom. The van der Waals surface area contributed by atoms with Crippen molar-refractivity contribution in [2.75, 3.05) is 7.11 Å². The van der Waals surface area contributed by atoms with E-state index in [4.69, 9.17) is 9.47 Å². The first kappa shape index (κ1) is 16.6. The van der Waals surface area contributed by atoms with Crippen LogP contribution in [0.3, 0.4) is 0 Å². The van der Waals surface area contributed by atoms with Crippen LogP contribution in [0.4, 0.5) is 0 Å². The molecule has 124 valence electrons. The third-order valence-corrected chi connectivity index (χ3v) is 4.71. The average molecular weight is 410 g/mol. The minimum absolute atomic E-state index is 0.0466. The first-order valence-corrected chi connectivity index (χ1v) is 8.46. The van der Waals surface area contributed by atoms with Gasteiger partial charge in [-0.3, -0.25) is 4.79 Å². The number of esters is 1. The lowest BCUT2D eigenvalue weighted by Crippen LogP contribution is -2.14. The molecule has 7 nitrogen and oxygen atoms in total. The standard InChI is InChI=1S/C15H12BrN3O4S/c1-8-5-13(20)19-15(17-8)24-12(18-19)7-23-14(21)10-6-9(22-2)3-4-11(10)16/h3-6H,7H2,1-2H3. The second kappa shape index (κ2) is 6.70. The van der Waals surface area contributed by atoms with E-state index in [0.29, 0.717) is 31.4 Å². The van der Waals surface area contributed by atoms with E-state index in [9.17, 15) is 9.59 Å². The van der Waals surface area contributed by atoms with Gasteiger partial charge in [-0.25, -0.2) is 9.78 Å². The van der Waals surface area contributed by atoms with Gasteiger partial charge in [0, 0.05) is 16.2 Å². The molecular formula is C15H12BrN3O4S. The summed E-state index contributed by atoms with van der Waals surface area (Å²) in [6.45, 7) is 1.69. The van der Waals surface area contributed by atoms with Crippen molar-refractivity contribution in [3.8, 4) is 5.75 Å². The number of rotatable bonds is 4. The van der Waals surface area contributed by atoms with Crippen molar-refractivity contribution in [3.63, 3.8) is 0 Å². The van der Waals surface area contributed by atoms with E-state index in [1.54, 1.807) is 25.1 Å². The highest BCUT2D eigenvalue weighted by Gasteiger charge is 2.15. The number of hydrogen-bond donors (Lipinski definition) is 0. The molecule has 0 aliphatic rings. The van der Waals surface area contributed by atoms with Gasteiger partial charge in [0.2, 0.25) is 4.96 Å². The van der Waals surface area contributed by atoms with Crippen LogP contribution >= 0.6 is 27.3 Å². The fraction of sp³-hybridized carbons (Fsp3) is 0.200. The van der Waals surface area contributed by atoms with Crippen molar-refractivity contribution in [1.82, 2.24) is 14.6 Å². The van der Waals surface area contributed by atoms with E-state index in [-0.39, 0.29) is 12.2 Å². The Kier molecular flexibility index (Phi) is 4.63. The molecule has 0 fully saturated rings. The van der Waals surface area contributed by atoms with Crippen LogP contribution in [0.15, 0.2) is 33.5 Å². The van der Waals surface area contributed by atoms with Gasteiger partial charge in [-0.1, -0.05) is 11.3 Å². The number of methoxy groups -OCH3 is 1. The molecule has 24 heavy (non-hydrogen) atoms. The van der Waals surface area contributed by atoms with E-state index in [1.165, 1.54) is 29.0 Å². The number of nitrogens with zero attached hydrogens (tertiary/aromatic N) is 3. The van der Waals surface area contributed by atoms with E-state index < -0.39 is 5.97 Å². The molecule has 3 rings (SSSR count). The van der Waals surface area contributed by atoms with Gasteiger partial charge in [-0.2, -0.15) is 9.61 Å². The first-order valence-electron chi connectivity index (χ1n) is 6.85. The van der Waals surface area contributed by atoms with Crippen LogP contribution in [-0.4, -0.2) is 27.7 Å². The fourth-order valence-corrected chi connectivity index (χ4v) is 3.28. The van der Waals surface area contributed by atoms with Gasteiger partial charge in [0.25, 0.3) is 5.56 Å². The second-order valence-electron chi connectivity index (χ2n) is 4.85. The molecule has 2 aromatic heterocycles. The zero-order chi connectivity index (χ0) is 17.3. The van der Waals surface area contributed by atoms with Crippen LogP contribution in [0.1, 0.15) is 21.1 Å². The lowest BCUT2D eigenvalue weighted by molar-refractivity contribution is 0.0470. The summed E-state index contributed by atoms with van der Waals surface area (Å²) in [5.41, 5.74) is 0.705. The van der Waals surface area contributed by atoms with E-state index >= 15 is 0 Å². The Morgan fingerprint density at radius 1 is 1.38 bits per heavy atom. The fourth-order valence-electron chi connectivity index (χ4n) is 2.01. The Labute approximate surface area is 149 Å². The zero-order valence-electron chi connectivity index (χ0n) is 12.8. The number of aromatic nitrogens is 3. The number of aryl methyl sites for hydroxylation is 1. The van der Waals surface area contributed by atoms with Crippen molar-refractivity contribution < 1.29 is 14.3 Å². The van der Waals surface area contributed by atoms with Gasteiger partial charge < -0.3 is 9.47 Å². The molecule has 9 heteroatoms. The molecule has 0 radical (unpaired) electrons. The highest BCUT2D eigenvalue weighted by atomic mass is 79.9. The maximum atomic E-state index is 12.2. The molecule has 0 spiro atoms. The summed E-state index contributed by atoms with van der Waals surface area (Å²) in [7, 11) is 1.52. The van der Waals surface area contributed by atoms with Gasteiger partial charge in [0.15, 0.2) is 5.01 Å². The van der Waals surface area contributed by atoms with Crippen LogP contribution in [0.25, 0.3) is 4.96 Å². The molecule has 3 aromatic rings. The molecule has 0 aliphatic carbocycles. The summed E-state index contributed by atoms with van der Waals surface area (Å²) in [5, 5.41) is 4.61. The number of carbonyl (C=O) groups is 1. The molecule has 0 N–H and O–H groups in total. The van der Waals surface area contributed by atoms with Crippen LogP contribution in [-0.2, 0) is 11.3 Å². The molecule has 0 unspecified atom stereocenters. The number of benzene rings is 1. The highest BCUT2D eigenvalue weighted by molar-refractivity contribution is 9.10. The van der Waals surface area contributed by atoms with Crippen LogP contribution in [0.2, 0.25) is 0 Å². The molecule has 2 heterocycles. The third-order valence-electron chi connectivity index (χ3n) is 3.14. The number of halogens is 1. The van der Waals surface area contributed by atoms with Crippen LogP contribution in [0.5, 0.6) is 5.75 Å². The third kappa shape index (κ3) is 3.31. The van der Waals surface area contributed by atoms with Crippen molar-refractivity contribution in [1.29, 1.82) is 0 Å². The molecule has 0 amide bonds. The number of carbonyl (C=O) groups excluding carboxylic acids is 1. The predicted molar refractivity (Wildman–Crippen MR) is 91.7 cm³/mol. The smallest absolute Gasteiger partial charge is 0.339 e. The molecule has 0 saturated carbocycles. The van der Waals surface area contributed by atoms with E-state index in [0.717, 1.165) is 0 Å². The number of ether oxygens (including phenoxy) is 2. The Hall–Kier alpha value is -2.26. The molecule has 0 bridgehead atoms. The summed E-state index contributed by atoms with van der Waals surface area (Å²) >= 11 is 4.51. The highest BCUT2D eigenvalue weighted by Crippen LogP contribution is 2.23. The quantitative estimate of drug-likeness (QED) is 0.615. The summed E-state index contributed by atoms with van der Waals surface area (Å²) in [6.07, 6.45) is 0. The SMILES string of the molecule is COc1ccc(Br)c(C(=O)OCc2nn3c(=O)cc(C)nc3s2)c1. The number of fused-ring (bicyclic) bond motifs is 1. The average Bonchev–Trinajstić information content (AvgIpc) is 2.96. The Morgan fingerprint density at radius 3 is 2.92 bits per heavy atom. The largest absolute Gasteiger partial charge is 0.497 e. The normalized spacial score (nSPS) is 10.8. The van der Waals surface area contributed by atoms with E-state index in [1.807, 2.05) is 0 Å². The second-order valence-corrected chi connectivity index (χ2v) is 6.74. The maximum absolute atomic E-state index is 12.2. The number of hydrogen-bond acceptors (Lipinski definition) is 7. The van der Waals surface area contributed by atoms with Gasteiger partial charge in [0.1, 0.15) is 12.4 Å². The minimum atomic E-state index is -0.517. The van der Waals surface area contributed by atoms with Gasteiger partial charge >= 0.3 is 5.97 Å². The Balaban J connectivity index is 1.79. The molecule has 0 atom stereocenters. The Bertz CT molecular complexity index is 982. The molecular weight excluding hydrogens is 398 g/mol. The lowest BCUT2D eigenvalue weighted by atomic mass is 10.2. The summed E-state index contributed by atoms with van der Waals surface area (Å²) in [6, 6.07) is 6.42. The maximum Gasteiger partial charge on any atom is 0.339 e. The summed E-state index contributed by atoms with van der Waals surface area (Å²) < 4.78 is 12.2. The van der Waals surface area contributed by atoms with Gasteiger partial charge in [-0.05, 0) is 41.1 Å². The minimum Gasteiger partial charge on any atom is -0.497 e. The molecule has 1 aromatic carbocycles. The summed E-state index contributed by atoms with van der Waals surface area (Å²) in [5.74, 6) is 0.0351. The van der Waals surface area contributed by atoms with E-state index in [2.05, 4.69) is 26.0 Å². The topological polar surface area (TPSA) is 82.8 Å². The van der Waals surface area contributed by atoms with Gasteiger partial charge in [-0.15, -0.1) is 0 Å². The first-order chi connectivity index (χ1) is 11.5. The summed E-state index contributed by atoms with van der Waals surface area (Å²) in [4.78, 5) is 28.8.